The molecule has 1 saturated heterocycles. The van der Waals surface area contributed by atoms with Crippen LogP contribution >= 0.6 is 0 Å². The Morgan fingerprint density at radius 2 is 1.77 bits per heavy atom. The van der Waals surface area contributed by atoms with Gasteiger partial charge in [0, 0.05) is 25.8 Å². The Morgan fingerprint density at radius 1 is 1.04 bits per heavy atom. The monoisotopic (exact) mass is 355 g/mol. The summed E-state index contributed by atoms with van der Waals surface area (Å²) in [6, 6.07) is 15.3. The molecule has 1 heterocycles. The number of ether oxygens (including phenoxy) is 3. The fourth-order valence-corrected chi connectivity index (χ4v) is 3.13. The van der Waals surface area contributed by atoms with Crippen LogP contribution in [0.2, 0.25) is 0 Å². The van der Waals surface area contributed by atoms with E-state index in [4.69, 9.17) is 14.2 Å². The molecule has 5 heteroatoms. The van der Waals surface area contributed by atoms with Gasteiger partial charge in [0.05, 0.1) is 13.2 Å². The zero-order valence-electron chi connectivity index (χ0n) is 15.3. The Morgan fingerprint density at radius 3 is 2.42 bits per heavy atom. The molecule has 26 heavy (non-hydrogen) atoms. The van der Waals surface area contributed by atoms with Crippen molar-refractivity contribution in [2.24, 2.45) is 0 Å². The molecule has 0 unspecified atom stereocenters. The van der Waals surface area contributed by atoms with E-state index in [1.165, 1.54) is 0 Å². The SMILES string of the molecule is COc1cc(C(=O)N2CCC(OC)CC2)ccc1OCc1ccccc1. The minimum Gasteiger partial charge on any atom is -0.493 e. The van der Waals surface area contributed by atoms with E-state index in [0.717, 1.165) is 18.4 Å². The summed E-state index contributed by atoms with van der Waals surface area (Å²) in [7, 11) is 3.31. The first kappa shape index (κ1) is 18.3. The maximum atomic E-state index is 12.7. The van der Waals surface area contributed by atoms with Crippen LogP contribution in [0.5, 0.6) is 11.5 Å². The number of benzene rings is 2. The lowest BCUT2D eigenvalue weighted by Gasteiger charge is -2.31. The van der Waals surface area contributed by atoms with Crippen molar-refractivity contribution in [2.45, 2.75) is 25.6 Å². The van der Waals surface area contributed by atoms with Gasteiger partial charge in [-0.3, -0.25) is 4.79 Å². The predicted molar refractivity (Wildman–Crippen MR) is 99.7 cm³/mol. The predicted octanol–water partition coefficient (Wildman–Crippen LogP) is 3.53. The lowest BCUT2D eigenvalue weighted by molar-refractivity contribution is 0.0350. The van der Waals surface area contributed by atoms with Gasteiger partial charge in [-0.15, -0.1) is 0 Å². The molecular formula is C21H25NO4. The van der Waals surface area contributed by atoms with Crippen LogP contribution in [0.1, 0.15) is 28.8 Å². The third kappa shape index (κ3) is 4.35. The Bertz CT molecular complexity index is 724. The van der Waals surface area contributed by atoms with E-state index in [9.17, 15) is 4.79 Å². The summed E-state index contributed by atoms with van der Waals surface area (Å²) in [6.07, 6.45) is 2.00. The van der Waals surface area contributed by atoms with Crippen molar-refractivity contribution >= 4 is 5.91 Å². The molecule has 5 nitrogen and oxygen atoms in total. The number of likely N-dealkylation sites (tertiary alicyclic amines) is 1. The van der Waals surface area contributed by atoms with E-state index < -0.39 is 0 Å². The van der Waals surface area contributed by atoms with Crippen LogP contribution < -0.4 is 9.47 Å². The molecule has 2 aromatic carbocycles. The van der Waals surface area contributed by atoms with Gasteiger partial charge in [0.1, 0.15) is 6.61 Å². The Balaban J connectivity index is 1.67. The van der Waals surface area contributed by atoms with Gasteiger partial charge in [0.15, 0.2) is 11.5 Å². The van der Waals surface area contributed by atoms with Crippen LogP contribution in [-0.2, 0) is 11.3 Å². The average Bonchev–Trinajstić information content (AvgIpc) is 2.72. The van der Waals surface area contributed by atoms with Gasteiger partial charge in [-0.05, 0) is 36.6 Å². The molecule has 0 spiro atoms. The Kier molecular flexibility index (Phi) is 6.12. The van der Waals surface area contributed by atoms with Crippen molar-refractivity contribution < 1.29 is 19.0 Å². The summed E-state index contributed by atoms with van der Waals surface area (Å²) in [5.41, 5.74) is 1.69. The summed E-state index contributed by atoms with van der Waals surface area (Å²) in [5.74, 6) is 1.22. The second-order valence-corrected chi connectivity index (χ2v) is 6.37. The zero-order valence-corrected chi connectivity index (χ0v) is 15.3. The highest BCUT2D eigenvalue weighted by molar-refractivity contribution is 5.95. The molecule has 1 aliphatic rings. The van der Waals surface area contributed by atoms with Crippen molar-refractivity contribution in [3.05, 3.63) is 59.7 Å². The summed E-state index contributed by atoms with van der Waals surface area (Å²) in [6.45, 7) is 1.88. The van der Waals surface area contributed by atoms with Crippen molar-refractivity contribution in [1.82, 2.24) is 4.90 Å². The summed E-state index contributed by atoms with van der Waals surface area (Å²) >= 11 is 0. The Labute approximate surface area is 154 Å². The topological polar surface area (TPSA) is 48.0 Å². The van der Waals surface area contributed by atoms with Crippen molar-refractivity contribution in [3.8, 4) is 11.5 Å². The molecule has 0 saturated carbocycles. The van der Waals surface area contributed by atoms with E-state index in [1.54, 1.807) is 32.4 Å². The van der Waals surface area contributed by atoms with Crippen LogP contribution in [0.15, 0.2) is 48.5 Å². The van der Waals surface area contributed by atoms with E-state index in [0.29, 0.717) is 36.8 Å². The van der Waals surface area contributed by atoms with Gasteiger partial charge >= 0.3 is 0 Å². The summed E-state index contributed by atoms with van der Waals surface area (Å²) in [5, 5.41) is 0. The lowest BCUT2D eigenvalue weighted by Crippen LogP contribution is -2.40. The number of nitrogens with zero attached hydrogens (tertiary/aromatic N) is 1. The van der Waals surface area contributed by atoms with Gasteiger partial charge in [0.2, 0.25) is 0 Å². The highest BCUT2D eigenvalue weighted by Crippen LogP contribution is 2.29. The minimum atomic E-state index is 0.0208. The molecule has 0 aromatic heterocycles. The Hall–Kier alpha value is -2.53. The summed E-state index contributed by atoms with van der Waals surface area (Å²) in [4.78, 5) is 14.6. The first-order valence-electron chi connectivity index (χ1n) is 8.88. The zero-order chi connectivity index (χ0) is 18.4. The third-order valence-corrected chi connectivity index (χ3v) is 4.71. The fraction of sp³-hybridized carbons (Fsp3) is 0.381. The number of amides is 1. The number of carbonyl (C=O) groups is 1. The molecular weight excluding hydrogens is 330 g/mol. The first-order valence-corrected chi connectivity index (χ1v) is 8.88. The highest BCUT2D eigenvalue weighted by atomic mass is 16.5. The van der Waals surface area contributed by atoms with Crippen molar-refractivity contribution in [3.63, 3.8) is 0 Å². The molecule has 2 aromatic rings. The second-order valence-electron chi connectivity index (χ2n) is 6.37. The smallest absolute Gasteiger partial charge is 0.253 e. The first-order chi connectivity index (χ1) is 12.7. The minimum absolute atomic E-state index is 0.0208. The molecule has 0 bridgehead atoms. The fourth-order valence-electron chi connectivity index (χ4n) is 3.13. The number of rotatable bonds is 6. The number of methoxy groups -OCH3 is 2. The molecule has 0 atom stereocenters. The van der Waals surface area contributed by atoms with Crippen molar-refractivity contribution in [2.75, 3.05) is 27.3 Å². The second kappa shape index (κ2) is 8.72. The van der Waals surface area contributed by atoms with Gasteiger partial charge in [-0.2, -0.15) is 0 Å². The molecule has 3 rings (SSSR count). The number of carbonyl (C=O) groups excluding carboxylic acids is 1. The van der Waals surface area contributed by atoms with Crippen LogP contribution in [0, 0.1) is 0 Å². The third-order valence-electron chi connectivity index (χ3n) is 4.71. The van der Waals surface area contributed by atoms with E-state index in [-0.39, 0.29) is 12.0 Å². The summed E-state index contributed by atoms with van der Waals surface area (Å²) < 4.78 is 16.7. The van der Waals surface area contributed by atoms with E-state index in [1.807, 2.05) is 35.2 Å². The standard InChI is InChI=1S/C21H25NO4/c1-24-18-10-12-22(13-11-18)21(23)17-8-9-19(20(14-17)25-2)26-15-16-6-4-3-5-7-16/h3-9,14,18H,10-13,15H2,1-2H3. The largest absolute Gasteiger partial charge is 0.493 e. The van der Waals surface area contributed by atoms with Crippen LogP contribution in [-0.4, -0.2) is 44.2 Å². The van der Waals surface area contributed by atoms with E-state index >= 15 is 0 Å². The molecule has 1 amide bonds. The van der Waals surface area contributed by atoms with E-state index in [2.05, 4.69) is 0 Å². The van der Waals surface area contributed by atoms with Gasteiger partial charge < -0.3 is 19.1 Å². The normalized spacial score (nSPS) is 14.9. The molecule has 0 N–H and O–H groups in total. The van der Waals surface area contributed by atoms with Gasteiger partial charge in [-0.25, -0.2) is 0 Å². The number of piperidine rings is 1. The van der Waals surface area contributed by atoms with Gasteiger partial charge in [0.25, 0.3) is 5.91 Å². The van der Waals surface area contributed by atoms with Crippen molar-refractivity contribution in [1.29, 1.82) is 0 Å². The number of hydrogen-bond acceptors (Lipinski definition) is 4. The molecule has 1 fully saturated rings. The molecule has 1 aliphatic heterocycles. The highest BCUT2D eigenvalue weighted by Gasteiger charge is 2.24. The maximum absolute atomic E-state index is 12.7. The van der Waals surface area contributed by atoms with Crippen LogP contribution in [0.3, 0.4) is 0 Å². The number of hydrogen-bond donors (Lipinski definition) is 0. The molecule has 0 radical (unpaired) electrons. The van der Waals surface area contributed by atoms with Gasteiger partial charge in [-0.1, -0.05) is 30.3 Å². The average molecular weight is 355 g/mol. The van der Waals surface area contributed by atoms with Crippen LogP contribution in [0.4, 0.5) is 0 Å². The van der Waals surface area contributed by atoms with Crippen LogP contribution in [0.25, 0.3) is 0 Å². The quantitative estimate of drug-likeness (QED) is 0.795. The maximum Gasteiger partial charge on any atom is 0.253 e. The molecule has 138 valence electrons. The lowest BCUT2D eigenvalue weighted by atomic mass is 10.1. The molecule has 0 aliphatic carbocycles.